The van der Waals surface area contributed by atoms with Gasteiger partial charge in [0.05, 0.1) is 0 Å². The van der Waals surface area contributed by atoms with E-state index in [1.54, 1.807) is 0 Å². The maximum atomic E-state index is 9.17. The molecule has 0 radical (unpaired) electrons. The molecule has 0 spiro atoms. The van der Waals surface area contributed by atoms with E-state index in [1.165, 1.54) is 12.8 Å². The summed E-state index contributed by atoms with van der Waals surface area (Å²) in [6, 6.07) is 0. The predicted octanol–water partition coefficient (Wildman–Crippen LogP) is 2.01. The van der Waals surface area contributed by atoms with E-state index in [-0.39, 0.29) is 0 Å². The third-order valence-corrected chi connectivity index (χ3v) is 1.03. The summed E-state index contributed by atoms with van der Waals surface area (Å²) in [7, 11) is 0. The fraction of sp³-hybridized carbons (Fsp3) is 0.857. The molecule has 0 aromatic heterocycles. The average Bonchev–Trinajstić information content (AvgIpc) is 2.52. The molecule has 1 aliphatic rings. The van der Waals surface area contributed by atoms with Gasteiger partial charge in [-0.05, 0) is 5.92 Å². The summed E-state index contributed by atoms with van der Waals surface area (Å²) in [6.07, 6.45) is 4.49. The first-order chi connectivity index (χ1) is 3.81. The first-order valence-corrected chi connectivity index (χ1v) is 3.24. The molecule has 0 aliphatic heterocycles. The largest absolute Gasteiger partial charge is 0.303 e. The summed E-state index contributed by atoms with van der Waals surface area (Å²) in [5.74, 6) is 1.08. The normalized spacial score (nSPS) is 16.2. The van der Waals surface area contributed by atoms with Crippen molar-refractivity contribution in [2.45, 2.75) is 33.1 Å². The Bertz CT molecular complexity index is 55.4. The lowest BCUT2D eigenvalue weighted by Crippen LogP contribution is -1.55. The molecule has 0 saturated heterocycles. The van der Waals surface area contributed by atoms with Crippen molar-refractivity contribution in [3.63, 3.8) is 0 Å². The molecule has 0 bridgehead atoms. The molecule has 8 heavy (non-hydrogen) atoms. The van der Waals surface area contributed by atoms with Gasteiger partial charge in [-0.25, -0.2) is 0 Å². The van der Waals surface area contributed by atoms with E-state index in [4.69, 9.17) is 0 Å². The number of carbonyl (C=O) groups is 1. The summed E-state index contributed by atoms with van der Waals surface area (Å²) < 4.78 is 0. The van der Waals surface area contributed by atoms with Crippen molar-refractivity contribution in [3.8, 4) is 0 Å². The number of aldehydes is 1. The van der Waals surface area contributed by atoms with Crippen LogP contribution in [0.5, 0.6) is 0 Å². The van der Waals surface area contributed by atoms with Crippen molar-refractivity contribution in [2.75, 3.05) is 0 Å². The Morgan fingerprint density at radius 1 is 1.62 bits per heavy atom. The minimum atomic E-state index is 0.639. The van der Waals surface area contributed by atoms with Crippen LogP contribution < -0.4 is 0 Å². The molecule has 0 heterocycles. The van der Waals surface area contributed by atoms with E-state index in [0.29, 0.717) is 6.42 Å². The van der Waals surface area contributed by atoms with E-state index in [0.717, 1.165) is 12.2 Å². The van der Waals surface area contributed by atoms with Gasteiger partial charge in [0.2, 0.25) is 0 Å². The van der Waals surface area contributed by atoms with Crippen LogP contribution >= 0.6 is 0 Å². The Morgan fingerprint density at radius 3 is 1.88 bits per heavy atom. The minimum absolute atomic E-state index is 0.639. The number of rotatable bonds is 1. The highest BCUT2D eigenvalue weighted by atomic mass is 16.1. The molecule has 0 aromatic carbocycles. The second kappa shape index (κ2) is 4.82. The van der Waals surface area contributed by atoms with Crippen molar-refractivity contribution in [2.24, 2.45) is 5.92 Å². The molecule has 1 heteroatoms. The lowest BCUT2D eigenvalue weighted by Gasteiger charge is -1.53. The molecule has 1 saturated carbocycles. The fourth-order valence-electron chi connectivity index (χ4n) is 0.167. The number of hydrogen-bond acceptors (Lipinski definition) is 1. The van der Waals surface area contributed by atoms with Crippen LogP contribution in [-0.4, -0.2) is 6.29 Å². The summed E-state index contributed by atoms with van der Waals surface area (Å²) in [5, 5.41) is 0. The molecule has 1 fully saturated rings. The zero-order valence-electron chi connectivity index (χ0n) is 5.68. The third kappa shape index (κ3) is 9.18. The van der Waals surface area contributed by atoms with Crippen LogP contribution in [0.4, 0.5) is 0 Å². The smallest absolute Gasteiger partial charge is 0.119 e. The van der Waals surface area contributed by atoms with E-state index < -0.39 is 0 Å². The summed E-state index contributed by atoms with van der Waals surface area (Å²) in [4.78, 5) is 9.17. The summed E-state index contributed by atoms with van der Waals surface area (Å²) in [6.45, 7) is 4.09. The zero-order chi connectivity index (χ0) is 6.41. The van der Waals surface area contributed by atoms with Crippen molar-refractivity contribution in [1.29, 1.82) is 0 Å². The monoisotopic (exact) mass is 114 g/mol. The molecule has 0 atom stereocenters. The van der Waals surface area contributed by atoms with Crippen LogP contribution in [0.25, 0.3) is 0 Å². The van der Waals surface area contributed by atoms with Crippen LogP contribution in [-0.2, 0) is 4.79 Å². The second-order valence-electron chi connectivity index (χ2n) is 2.26. The molecule has 0 N–H and O–H groups in total. The van der Waals surface area contributed by atoms with Gasteiger partial charge in [0, 0.05) is 6.42 Å². The molecule has 48 valence electrons. The van der Waals surface area contributed by atoms with Crippen LogP contribution in [0.3, 0.4) is 0 Å². The first kappa shape index (κ1) is 7.67. The Hall–Kier alpha value is -0.330. The van der Waals surface area contributed by atoms with Gasteiger partial charge in [0.1, 0.15) is 6.29 Å². The van der Waals surface area contributed by atoms with Gasteiger partial charge >= 0.3 is 0 Å². The minimum Gasteiger partial charge on any atom is -0.303 e. The van der Waals surface area contributed by atoms with Gasteiger partial charge in [0.15, 0.2) is 0 Å². The Balaban J connectivity index is 0.000000122. The molecular weight excluding hydrogens is 100 g/mol. The van der Waals surface area contributed by atoms with Crippen LogP contribution in [0.2, 0.25) is 0 Å². The van der Waals surface area contributed by atoms with Gasteiger partial charge in [-0.15, -0.1) is 0 Å². The predicted molar refractivity (Wildman–Crippen MR) is 34.8 cm³/mol. The van der Waals surface area contributed by atoms with Gasteiger partial charge in [-0.2, -0.15) is 0 Å². The molecular formula is C7H14O. The topological polar surface area (TPSA) is 17.1 Å². The van der Waals surface area contributed by atoms with Crippen LogP contribution in [0.1, 0.15) is 33.1 Å². The van der Waals surface area contributed by atoms with Gasteiger partial charge < -0.3 is 4.79 Å². The van der Waals surface area contributed by atoms with Crippen molar-refractivity contribution < 1.29 is 4.79 Å². The highest BCUT2D eigenvalue weighted by molar-refractivity contribution is 5.48. The van der Waals surface area contributed by atoms with Crippen LogP contribution in [0, 0.1) is 5.92 Å². The van der Waals surface area contributed by atoms with E-state index in [2.05, 4.69) is 6.92 Å². The second-order valence-corrected chi connectivity index (χ2v) is 2.26. The van der Waals surface area contributed by atoms with E-state index >= 15 is 0 Å². The van der Waals surface area contributed by atoms with Gasteiger partial charge in [0.25, 0.3) is 0 Å². The summed E-state index contributed by atoms with van der Waals surface area (Å²) in [5.41, 5.74) is 0. The first-order valence-electron chi connectivity index (χ1n) is 3.24. The maximum absolute atomic E-state index is 9.17. The molecule has 0 amide bonds. The van der Waals surface area contributed by atoms with Gasteiger partial charge in [-0.1, -0.05) is 26.7 Å². The summed E-state index contributed by atoms with van der Waals surface area (Å²) >= 11 is 0. The standard InChI is InChI=1S/C4H8.C3H6O/c1-4-2-3-4;1-2-3-4/h4H,2-3H2,1H3;3H,2H2,1H3. The lowest BCUT2D eigenvalue weighted by molar-refractivity contribution is -0.107. The van der Waals surface area contributed by atoms with Crippen molar-refractivity contribution in [1.82, 2.24) is 0 Å². The highest BCUT2D eigenvalue weighted by Crippen LogP contribution is 2.26. The molecule has 0 unspecified atom stereocenters. The Labute approximate surface area is 51.1 Å². The Kier molecular flexibility index (Phi) is 4.62. The fourth-order valence-corrected chi connectivity index (χ4v) is 0.167. The molecule has 0 aromatic rings. The SMILES string of the molecule is CC1CC1.CCC=O. The van der Waals surface area contributed by atoms with Crippen molar-refractivity contribution in [3.05, 3.63) is 0 Å². The van der Waals surface area contributed by atoms with E-state index in [9.17, 15) is 4.79 Å². The highest BCUT2D eigenvalue weighted by Gasteiger charge is 2.12. The van der Waals surface area contributed by atoms with E-state index in [1.807, 2.05) is 6.92 Å². The Morgan fingerprint density at radius 2 is 1.88 bits per heavy atom. The molecule has 1 aliphatic carbocycles. The third-order valence-electron chi connectivity index (χ3n) is 1.03. The average molecular weight is 114 g/mol. The lowest BCUT2D eigenvalue weighted by atomic mass is 10.5. The maximum Gasteiger partial charge on any atom is 0.119 e. The van der Waals surface area contributed by atoms with Gasteiger partial charge in [-0.3, -0.25) is 0 Å². The quantitative estimate of drug-likeness (QED) is 0.476. The molecule has 1 rings (SSSR count). The number of hydrogen-bond donors (Lipinski definition) is 0. The number of carbonyl (C=O) groups excluding carboxylic acids is 1. The van der Waals surface area contributed by atoms with Crippen LogP contribution in [0.15, 0.2) is 0 Å². The zero-order valence-corrected chi connectivity index (χ0v) is 5.68. The van der Waals surface area contributed by atoms with Crippen molar-refractivity contribution >= 4 is 6.29 Å². The molecule has 1 nitrogen and oxygen atoms in total.